The topological polar surface area (TPSA) is 48.5 Å². The zero-order chi connectivity index (χ0) is 16.9. The van der Waals surface area contributed by atoms with E-state index in [0.29, 0.717) is 23.9 Å². The Morgan fingerprint density at radius 2 is 1.36 bits per heavy atom. The van der Waals surface area contributed by atoms with Crippen molar-refractivity contribution in [1.29, 1.82) is 0 Å². The highest BCUT2D eigenvalue weighted by Crippen LogP contribution is 2.13. The lowest BCUT2D eigenvalue weighted by Crippen LogP contribution is -2.00. The molecule has 0 unspecified atom stereocenters. The van der Waals surface area contributed by atoms with E-state index in [-0.39, 0.29) is 0 Å². The Bertz CT molecular complexity index is 454. The molecule has 0 bridgehead atoms. The fourth-order valence-electron chi connectivity index (χ4n) is 1.74. The molecule has 2 aromatic heterocycles. The Labute approximate surface area is 134 Å². The summed E-state index contributed by atoms with van der Waals surface area (Å²) < 4.78 is 4.02. The largest absolute Gasteiger partial charge is 0.335 e. The molecule has 0 aliphatic heterocycles. The van der Waals surface area contributed by atoms with Gasteiger partial charge in [0.15, 0.2) is 0 Å². The van der Waals surface area contributed by atoms with Crippen molar-refractivity contribution >= 4 is 0 Å². The maximum absolute atomic E-state index is 4.30. The van der Waals surface area contributed by atoms with Crippen LogP contribution in [0.1, 0.15) is 90.7 Å². The van der Waals surface area contributed by atoms with Crippen LogP contribution in [-0.4, -0.2) is 24.5 Å². The number of hydrogen-bond acceptors (Lipinski definition) is 3. The van der Waals surface area contributed by atoms with Crippen LogP contribution in [0.25, 0.3) is 0 Å². The van der Waals surface area contributed by atoms with Gasteiger partial charge in [0.2, 0.25) is 0 Å². The molecule has 2 heterocycles. The summed E-state index contributed by atoms with van der Waals surface area (Å²) in [6, 6.07) is 0.935. The van der Waals surface area contributed by atoms with Crippen molar-refractivity contribution in [2.75, 3.05) is 0 Å². The molecule has 2 rings (SSSR count). The van der Waals surface area contributed by atoms with Crippen LogP contribution in [0, 0.1) is 0 Å². The van der Waals surface area contributed by atoms with Gasteiger partial charge in [0.05, 0.1) is 17.7 Å². The molecule has 5 nitrogen and oxygen atoms in total. The molecular weight excluding hydrogens is 274 g/mol. The lowest BCUT2D eigenvalue weighted by atomic mass is 10.2. The molecule has 2 aromatic rings. The van der Waals surface area contributed by atoms with Gasteiger partial charge < -0.3 is 4.57 Å². The second kappa shape index (κ2) is 8.11. The van der Waals surface area contributed by atoms with E-state index in [1.807, 2.05) is 17.2 Å². The van der Waals surface area contributed by atoms with Gasteiger partial charge in [0.1, 0.15) is 0 Å². The molecule has 5 heteroatoms. The Kier molecular flexibility index (Phi) is 6.78. The standard InChI is InChI=1S/C9H16N2.C8H15N3/c1-7(2)9-5-11(6-10-9)8(3)4;1-6(2)8-5-11(7(3)4)10-9-8/h5-8H,1-4H3;5-7H,1-4H3. The summed E-state index contributed by atoms with van der Waals surface area (Å²) in [4.78, 5) is 4.30. The number of rotatable bonds is 4. The highest BCUT2D eigenvalue weighted by atomic mass is 15.4. The minimum atomic E-state index is 0.412. The lowest BCUT2D eigenvalue weighted by molar-refractivity contribution is 0.514. The third kappa shape index (κ3) is 5.28. The fourth-order valence-corrected chi connectivity index (χ4v) is 1.74. The molecule has 0 atom stereocenters. The third-order valence-electron chi connectivity index (χ3n) is 3.46. The fraction of sp³-hybridized carbons (Fsp3) is 0.706. The lowest BCUT2D eigenvalue weighted by Gasteiger charge is -2.04. The molecule has 22 heavy (non-hydrogen) atoms. The van der Waals surface area contributed by atoms with E-state index in [9.17, 15) is 0 Å². The zero-order valence-corrected chi connectivity index (χ0v) is 15.3. The van der Waals surface area contributed by atoms with E-state index in [1.54, 1.807) is 0 Å². The smallest absolute Gasteiger partial charge is 0.0951 e. The van der Waals surface area contributed by atoms with Crippen molar-refractivity contribution in [1.82, 2.24) is 24.5 Å². The highest BCUT2D eigenvalue weighted by molar-refractivity contribution is 5.02. The molecule has 0 saturated heterocycles. The Balaban J connectivity index is 0.000000220. The van der Waals surface area contributed by atoms with Gasteiger partial charge in [-0.05, 0) is 39.5 Å². The predicted octanol–water partition coefficient (Wildman–Crippen LogP) is 4.57. The third-order valence-corrected chi connectivity index (χ3v) is 3.46. The van der Waals surface area contributed by atoms with Crippen LogP contribution in [0.4, 0.5) is 0 Å². The Morgan fingerprint density at radius 3 is 1.64 bits per heavy atom. The highest BCUT2D eigenvalue weighted by Gasteiger charge is 2.06. The monoisotopic (exact) mass is 305 g/mol. The average molecular weight is 305 g/mol. The van der Waals surface area contributed by atoms with Gasteiger partial charge in [-0.2, -0.15) is 0 Å². The van der Waals surface area contributed by atoms with Gasteiger partial charge in [-0.1, -0.05) is 32.9 Å². The minimum absolute atomic E-state index is 0.412. The van der Waals surface area contributed by atoms with Gasteiger partial charge in [0.25, 0.3) is 0 Å². The second-order valence-electron chi connectivity index (χ2n) is 6.87. The van der Waals surface area contributed by atoms with Gasteiger partial charge in [-0.15, -0.1) is 5.10 Å². The number of nitrogens with zero attached hydrogens (tertiary/aromatic N) is 5. The first-order chi connectivity index (χ1) is 10.2. The van der Waals surface area contributed by atoms with Gasteiger partial charge in [-0.25, -0.2) is 9.67 Å². The first-order valence-electron chi connectivity index (χ1n) is 8.17. The number of hydrogen-bond donors (Lipinski definition) is 0. The number of aromatic nitrogens is 5. The summed E-state index contributed by atoms with van der Waals surface area (Å²) in [6.45, 7) is 17.1. The van der Waals surface area contributed by atoms with Crippen molar-refractivity contribution in [2.24, 2.45) is 0 Å². The van der Waals surface area contributed by atoms with Gasteiger partial charge >= 0.3 is 0 Å². The number of imidazole rings is 1. The van der Waals surface area contributed by atoms with Crippen molar-refractivity contribution in [2.45, 2.75) is 79.3 Å². The van der Waals surface area contributed by atoms with E-state index in [2.05, 4.69) is 81.4 Å². The summed E-state index contributed by atoms with van der Waals surface area (Å²) in [7, 11) is 0. The maximum Gasteiger partial charge on any atom is 0.0951 e. The second-order valence-corrected chi connectivity index (χ2v) is 6.87. The van der Waals surface area contributed by atoms with Crippen LogP contribution in [0.2, 0.25) is 0 Å². The maximum atomic E-state index is 4.30. The molecule has 0 fully saturated rings. The molecule has 0 amide bonds. The van der Waals surface area contributed by atoms with E-state index in [0.717, 1.165) is 5.69 Å². The van der Waals surface area contributed by atoms with Crippen LogP contribution in [0.15, 0.2) is 18.7 Å². The summed E-state index contributed by atoms with van der Waals surface area (Å²) in [5, 5.41) is 8.05. The van der Waals surface area contributed by atoms with E-state index in [1.165, 1.54) is 5.69 Å². The zero-order valence-electron chi connectivity index (χ0n) is 15.3. The summed E-state index contributed by atoms with van der Waals surface area (Å²) in [5.41, 5.74) is 2.25. The molecule has 0 aromatic carbocycles. The van der Waals surface area contributed by atoms with E-state index >= 15 is 0 Å². The van der Waals surface area contributed by atoms with Crippen LogP contribution in [0.3, 0.4) is 0 Å². The van der Waals surface area contributed by atoms with Crippen molar-refractivity contribution in [3.05, 3.63) is 30.1 Å². The Morgan fingerprint density at radius 1 is 0.773 bits per heavy atom. The molecule has 0 radical (unpaired) electrons. The molecule has 0 aliphatic rings. The van der Waals surface area contributed by atoms with Gasteiger partial charge in [0, 0.05) is 24.5 Å². The summed E-state index contributed by atoms with van der Waals surface area (Å²) in [5.74, 6) is 1.01. The minimum Gasteiger partial charge on any atom is -0.335 e. The normalized spacial score (nSPS) is 11.5. The van der Waals surface area contributed by atoms with Crippen molar-refractivity contribution < 1.29 is 0 Å². The average Bonchev–Trinajstić information content (AvgIpc) is 3.09. The SMILES string of the molecule is CC(C)c1cn(C(C)C)cn1.CC(C)c1cn(C(C)C)nn1. The summed E-state index contributed by atoms with van der Waals surface area (Å²) in [6.07, 6.45) is 6.03. The van der Waals surface area contributed by atoms with Crippen LogP contribution in [-0.2, 0) is 0 Å². The van der Waals surface area contributed by atoms with Crippen LogP contribution >= 0.6 is 0 Å². The molecule has 0 N–H and O–H groups in total. The first-order valence-corrected chi connectivity index (χ1v) is 8.17. The molecule has 0 spiro atoms. The molecule has 0 aliphatic carbocycles. The molecule has 124 valence electrons. The van der Waals surface area contributed by atoms with Crippen LogP contribution < -0.4 is 0 Å². The first kappa shape index (κ1) is 18.4. The van der Waals surface area contributed by atoms with Gasteiger partial charge in [-0.3, -0.25) is 0 Å². The predicted molar refractivity (Wildman–Crippen MR) is 91.2 cm³/mol. The summed E-state index contributed by atoms with van der Waals surface area (Å²) >= 11 is 0. The Hall–Kier alpha value is -1.65. The van der Waals surface area contributed by atoms with Crippen molar-refractivity contribution in [3.8, 4) is 0 Å². The van der Waals surface area contributed by atoms with E-state index < -0.39 is 0 Å². The van der Waals surface area contributed by atoms with Crippen LogP contribution in [0.5, 0.6) is 0 Å². The quantitative estimate of drug-likeness (QED) is 0.831. The molecule has 0 saturated carbocycles. The van der Waals surface area contributed by atoms with E-state index in [4.69, 9.17) is 0 Å². The molecular formula is C17H31N5. The van der Waals surface area contributed by atoms with Crippen molar-refractivity contribution in [3.63, 3.8) is 0 Å².